The molecule has 94 valence electrons. The van der Waals surface area contributed by atoms with Gasteiger partial charge in [0.15, 0.2) is 0 Å². The number of benzene rings is 2. The van der Waals surface area contributed by atoms with Crippen molar-refractivity contribution < 1.29 is 0 Å². The van der Waals surface area contributed by atoms with Crippen molar-refractivity contribution in [2.45, 2.75) is 6.92 Å². The van der Waals surface area contributed by atoms with Crippen molar-refractivity contribution >= 4 is 22.5 Å². The van der Waals surface area contributed by atoms with E-state index in [1.54, 1.807) is 24.5 Å². The molecular formula is C15H11ClN2O. The van der Waals surface area contributed by atoms with Crippen molar-refractivity contribution in [3.05, 3.63) is 69.7 Å². The van der Waals surface area contributed by atoms with Gasteiger partial charge in [0.1, 0.15) is 6.33 Å². The van der Waals surface area contributed by atoms with Gasteiger partial charge < -0.3 is 0 Å². The van der Waals surface area contributed by atoms with Crippen molar-refractivity contribution in [2.75, 3.05) is 0 Å². The number of rotatable bonds is 1. The first-order valence-corrected chi connectivity index (χ1v) is 6.27. The summed E-state index contributed by atoms with van der Waals surface area (Å²) in [5, 5.41) is 1.06. The maximum atomic E-state index is 12.4. The minimum absolute atomic E-state index is 0.114. The molecule has 4 heteroatoms. The third-order valence-electron chi connectivity index (χ3n) is 3.03. The molecule has 0 amide bonds. The zero-order valence-corrected chi connectivity index (χ0v) is 11.1. The van der Waals surface area contributed by atoms with Gasteiger partial charge in [-0.05, 0) is 37.3 Å². The van der Waals surface area contributed by atoms with E-state index >= 15 is 0 Å². The minimum atomic E-state index is -0.114. The monoisotopic (exact) mass is 270 g/mol. The van der Waals surface area contributed by atoms with Gasteiger partial charge in [-0.1, -0.05) is 29.3 Å². The highest BCUT2D eigenvalue weighted by Gasteiger charge is 2.06. The molecule has 1 aromatic heterocycles. The molecule has 0 fully saturated rings. The molecule has 0 saturated heterocycles. The molecule has 0 N–H and O–H groups in total. The molecule has 0 atom stereocenters. The molecule has 0 aliphatic heterocycles. The maximum absolute atomic E-state index is 12.4. The Balaban J connectivity index is 2.28. The van der Waals surface area contributed by atoms with Crippen LogP contribution in [-0.2, 0) is 0 Å². The predicted octanol–water partition coefficient (Wildman–Crippen LogP) is 3.35. The molecule has 0 spiro atoms. The van der Waals surface area contributed by atoms with E-state index in [0.717, 1.165) is 11.3 Å². The predicted molar refractivity (Wildman–Crippen MR) is 77.1 cm³/mol. The van der Waals surface area contributed by atoms with Gasteiger partial charge in [-0.2, -0.15) is 0 Å². The summed E-state index contributed by atoms with van der Waals surface area (Å²) in [5.74, 6) is 0. The van der Waals surface area contributed by atoms with Gasteiger partial charge in [0.25, 0.3) is 5.56 Å². The number of aromatic nitrogens is 2. The van der Waals surface area contributed by atoms with Gasteiger partial charge in [0, 0.05) is 5.02 Å². The van der Waals surface area contributed by atoms with E-state index in [1.165, 1.54) is 4.57 Å². The third-order valence-corrected chi connectivity index (χ3v) is 3.27. The Labute approximate surface area is 115 Å². The van der Waals surface area contributed by atoms with E-state index in [0.29, 0.717) is 15.9 Å². The van der Waals surface area contributed by atoms with Crippen LogP contribution in [0.1, 0.15) is 5.56 Å². The maximum Gasteiger partial charge on any atom is 0.265 e. The summed E-state index contributed by atoms with van der Waals surface area (Å²) >= 11 is 5.93. The summed E-state index contributed by atoms with van der Waals surface area (Å²) in [5.41, 5.74) is 2.48. The Hall–Kier alpha value is -2.13. The zero-order valence-electron chi connectivity index (χ0n) is 10.3. The highest BCUT2D eigenvalue weighted by Crippen LogP contribution is 2.15. The van der Waals surface area contributed by atoms with E-state index in [9.17, 15) is 4.79 Å². The fraction of sp³-hybridized carbons (Fsp3) is 0.0667. The molecule has 2 aromatic carbocycles. The van der Waals surface area contributed by atoms with E-state index in [2.05, 4.69) is 4.98 Å². The zero-order chi connectivity index (χ0) is 13.4. The van der Waals surface area contributed by atoms with Gasteiger partial charge in [-0.15, -0.1) is 0 Å². The first-order valence-electron chi connectivity index (χ1n) is 5.89. The molecule has 3 nitrogen and oxygen atoms in total. The van der Waals surface area contributed by atoms with Crippen LogP contribution in [-0.4, -0.2) is 9.55 Å². The second-order valence-electron chi connectivity index (χ2n) is 4.42. The van der Waals surface area contributed by atoms with E-state index in [4.69, 9.17) is 11.6 Å². The van der Waals surface area contributed by atoms with Crippen LogP contribution in [0.25, 0.3) is 16.6 Å². The standard InChI is InChI=1S/C15H11ClN2O/c1-10-2-5-12(6-3-10)18-9-17-14-7-4-11(16)8-13(14)15(18)19/h2-9H,1H3. The van der Waals surface area contributed by atoms with Crippen molar-refractivity contribution in [1.82, 2.24) is 9.55 Å². The number of halogens is 1. The van der Waals surface area contributed by atoms with Crippen molar-refractivity contribution in [3.63, 3.8) is 0 Å². The van der Waals surface area contributed by atoms with Crippen molar-refractivity contribution in [3.8, 4) is 5.69 Å². The number of hydrogen-bond acceptors (Lipinski definition) is 2. The molecule has 0 saturated carbocycles. The van der Waals surface area contributed by atoms with Gasteiger partial charge in [-0.25, -0.2) is 4.98 Å². The first kappa shape index (κ1) is 11.9. The smallest absolute Gasteiger partial charge is 0.265 e. The molecule has 0 unspecified atom stereocenters. The van der Waals surface area contributed by atoms with E-state index in [-0.39, 0.29) is 5.56 Å². The van der Waals surface area contributed by atoms with Crippen LogP contribution in [0.15, 0.2) is 53.6 Å². The molecule has 0 aliphatic rings. The summed E-state index contributed by atoms with van der Waals surface area (Å²) in [4.78, 5) is 16.7. The molecule has 0 aliphatic carbocycles. The summed E-state index contributed by atoms with van der Waals surface area (Å²) in [7, 11) is 0. The summed E-state index contributed by atoms with van der Waals surface area (Å²) in [6.07, 6.45) is 1.54. The first-order chi connectivity index (χ1) is 9.15. The van der Waals surface area contributed by atoms with Crippen LogP contribution in [0.2, 0.25) is 5.02 Å². The normalized spacial score (nSPS) is 10.8. The van der Waals surface area contributed by atoms with Crippen LogP contribution in [0.3, 0.4) is 0 Å². The lowest BCUT2D eigenvalue weighted by Crippen LogP contribution is -2.18. The number of nitrogens with zero attached hydrogens (tertiary/aromatic N) is 2. The van der Waals surface area contributed by atoms with Crippen LogP contribution < -0.4 is 5.56 Å². The third kappa shape index (κ3) is 2.13. The largest absolute Gasteiger partial charge is 0.268 e. The van der Waals surface area contributed by atoms with Crippen LogP contribution in [0.4, 0.5) is 0 Å². The Morgan fingerprint density at radius 2 is 1.84 bits per heavy atom. The van der Waals surface area contributed by atoms with Gasteiger partial charge in [-0.3, -0.25) is 9.36 Å². The topological polar surface area (TPSA) is 34.9 Å². The summed E-state index contributed by atoms with van der Waals surface area (Å²) in [6.45, 7) is 2.00. The fourth-order valence-electron chi connectivity index (χ4n) is 1.98. The number of fused-ring (bicyclic) bond motifs is 1. The quantitative estimate of drug-likeness (QED) is 0.680. The highest BCUT2D eigenvalue weighted by molar-refractivity contribution is 6.31. The fourth-order valence-corrected chi connectivity index (χ4v) is 2.16. The lowest BCUT2D eigenvalue weighted by Gasteiger charge is -2.07. The lowest BCUT2D eigenvalue weighted by atomic mass is 10.2. The molecule has 0 bridgehead atoms. The number of hydrogen-bond donors (Lipinski definition) is 0. The Morgan fingerprint density at radius 3 is 2.58 bits per heavy atom. The van der Waals surface area contributed by atoms with Crippen molar-refractivity contribution in [2.24, 2.45) is 0 Å². The van der Waals surface area contributed by atoms with Gasteiger partial charge >= 0.3 is 0 Å². The SMILES string of the molecule is Cc1ccc(-n2cnc3ccc(Cl)cc3c2=O)cc1. The van der Waals surface area contributed by atoms with Crippen LogP contribution in [0, 0.1) is 6.92 Å². The Kier molecular flexibility index (Phi) is 2.84. The molecule has 19 heavy (non-hydrogen) atoms. The molecule has 3 rings (SSSR count). The Bertz CT molecular complexity index is 806. The second-order valence-corrected chi connectivity index (χ2v) is 4.85. The van der Waals surface area contributed by atoms with E-state index in [1.807, 2.05) is 31.2 Å². The average molecular weight is 271 g/mol. The summed E-state index contributed by atoms with van der Waals surface area (Å²) in [6, 6.07) is 12.8. The molecule has 3 aromatic rings. The van der Waals surface area contributed by atoms with Gasteiger partial charge in [0.2, 0.25) is 0 Å². The Morgan fingerprint density at radius 1 is 1.11 bits per heavy atom. The molecular weight excluding hydrogens is 260 g/mol. The molecule has 1 heterocycles. The molecule has 0 radical (unpaired) electrons. The number of aryl methyl sites for hydroxylation is 1. The summed E-state index contributed by atoms with van der Waals surface area (Å²) < 4.78 is 1.53. The van der Waals surface area contributed by atoms with Crippen LogP contribution in [0.5, 0.6) is 0 Å². The van der Waals surface area contributed by atoms with Crippen LogP contribution >= 0.6 is 11.6 Å². The minimum Gasteiger partial charge on any atom is -0.268 e. The van der Waals surface area contributed by atoms with Gasteiger partial charge in [0.05, 0.1) is 16.6 Å². The average Bonchev–Trinajstić information content (AvgIpc) is 2.41. The lowest BCUT2D eigenvalue weighted by molar-refractivity contribution is 0.962. The van der Waals surface area contributed by atoms with E-state index < -0.39 is 0 Å². The van der Waals surface area contributed by atoms with Crippen molar-refractivity contribution in [1.29, 1.82) is 0 Å². The second kappa shape index (κ2) is 4.52. The highest BCUT2D eigenvalue weighted by atomic mass is 35.5.